The number of para-hydroxylation sites is 2. The van der Waals surface area contributed by atoms with Gasteiger partial charge in [-0.25, -0.2) is 9.78 Å². The number of rotatable bonds is 8. The molecule has 0 amide bonds. The number of halogens is 2. The standard InChI is InChI=1S/C21H25Br2N5O2/c1-27(2)8-5-9-28-17-7-4-3-6-16(17)26-19(28)21(25,20(29)30)12-13-10-14(22)18(24)15(23)11-13/h3-4,6-7,10-11H,5,8-9,12,24-25H2,1-2H3,(H,29,30)/t21-/m1/s1. The molecule has 160 valence electrons. The third-order valence-electron chi connectivity index (χ3n) is 5.04. The van der Waals surface area contributed by atoms with Gasteiger partial charge in [-0.1, -0.05) is 12.1 Å². The van der Waals surface area contributed by atoms with Crippen molar-refractivity contribution in [1.29, 1.82) is 0 Å². The highest BCUT2D eigenvalue weighted by Crippen LogP contribution is 2.33. The van der Waals surface area contributed by atoms with Gasteiger partial charge in [-0.15, -0.1) is 0 Å². The molecule has 0 bridgehead atoms. The van der Waals surface area contributed by atoms with Crippen molar-refractivity contribution in [2.24, 2.45) is 5.73 Å². The lowest BCUT2D eigenvalue weighted by Crippen LogP contribution is -2.49. The molecule has 0 saturated heterocycles. The molecule has 1 aromatic heterocycles. The third kappa shape index (κ3) is 4.54. The fraction of sp³-hybridized carbons (Fsp3) is 0.333. The minimum Gasteiger partial charge on any atom is -0.480 e. The predicted octanol–water partition coefficient (Wildman–Crippen LogP) is 3.58. The van der Waals surface area contributed by atoms with E-state index < -0.39 is 11.5 Å². The molecule has 5 N–H and O–H groups in total. The number of benzene rings is 2. The van der Waals surface area contributed by atoms with E-state index in [2.05, 4.69) is 41.7 Å². The van der Waals surface area contributed by atoms with Crippen molar-refractivity contribution in [1.82, 2.24) is 14.5 Å². The zero-order valence-electron chi connectivity index (χ0n) is 16.9. The molecule has 0 radical (unpaired) electrons. The number of nitrogen functional groups attached to an aromatic ring is 1. The monoisotopic (exact) mass is 537 g/mol. The van der Waals surface area contributed by atoms with Gasteiger partial charge in [0.15, 0.2) is 5.54 Å². The number of aromatic nitrogens is 2. The van der Waals surface area contributed by atoms with Gasteiger partial charge in [0, 0.05) is 21.9 Å². The second-order valence-corrected chi connectivity index (χ2v) is 9.37. The summed E-state index contributed by atoms with van der Waals surface area (Å²) < 4.78 is 3.30. The van der Waals surface area contributed by atoms with Gasteiger partial charge in [-0.05, 0) is 88.7 Å². The number of hydrogen-bond donors (Lipinski definition) is 3. The molecule has 0 unspecified atom stereocenters. The quantitative estimate of drug-likeness (QED) is 0.378. The lowest BCUT2D eigenvalue weighted by molar-refractivity contribution is -0.144. The first-order chi connectivity index (χ1) is 14.1. The Morgan fingerprint density at radius 3 is 2.47 bits per heavy atom. The first kappa shape index (κ1) is 22.7. The average molecular weight is 539 g/mol. The number of imidazole rings is 1. The van der Waals surface area contributed by atoms with Crippen LogP contribution in [0.25, 0.3) is 11.0 Å². The first-order valence-electron chi connectivity index (χ1n) is 9.49. The van der Waals surface area contributed by atoms with Crippen LogP contribution >= 0.6 is 31.9 Å². The zero-order valence-corrected chi connectivity index (χ0v) is 20.1. The predicted molar refractivity (Wildman–Crippen MR) is 126 cm³/mol. The molecular formula is C21H25Br2N5O2. The van der Waals surface area contributed by atoms with Crippen molar-refractivity contribution >= 4 is 54.5 Å². The molecule has 3 rings (SSSR count). The number of carbonyl (C=O) groups is 1. The first-order valence-corrected chi connectivity index (χ1v) is 11.1. The average Bonchev–Trinajstić information content (AvgIpc) is 3.05. The van der Waals surface area contributed by atoms with Gasteiger partial charge in [-0.3, -0.25) is 0 Å². The molecule has 9 heteroatoms. The number of fused-ring (bicyclic) bond motifs is 1. The molecular weight excluding hydrogens is 514 g/mol. The second-order valence-electron chi connectivity index (χ2n) is 7.66. The molecule has 0 fully saturated rings. The van der Waals surface area contributed by atoms with E-state index in [0.29, 0.717) is 27.0 Å². The van der Waals surface area contributed by atoms with Gasteiger partial charge >= 0.3 is 5.97 Å². The van der Waals surface area contributed by atoms with Crippen molar-refractivity contribution in [3.05, 3.63) is 56.7 Å². The molecule has 0 aliphatic carbocycles. The van der Waals surface area contributed by atoms with Crippen molar-refractivity contribution in [3.63, 3.8) is 0 Å². The van der Waals surface area contributed by atoms with Crippen LogP contribution in [0.15, 0.2) is 45.3 Å². The van der Waals surface area contributed by atoms with E-state index in [0.717, 1.165) is 29.6 Å². The molecule has 1 atom stereocenters. The molecule has 3 aromatic rings. The lowest BCUT2D eigenvalue weighted by Gasteiger charge is -2.26. The number of carboxylic acid groups (broad SMARTS) is 1. The normalized spacial score (nSPS) is 13.7. The Kier molecular flexibility index (Phi) is 6.86. The van der Waals surface area contributed by atoms with Crippen LogP contribution in [-0.2, 0) is 23.3 Å². The van der Waals surface area contributed by atoms with Crippen LogP contribution in [0.2, 0.25) is 0 Å². The maximum absolute atomic E-state index is 12.4. The summed E-state index contributed by atoms with van der Waals surface area (Å²) in [6.07, 6.45) is 0.909. The summed E-state index contributed by atoms with van der Waals surface area (Å²) in [5, 5.41) is 10.2. The number of anilines is 1. The Bertz CT molecular complexity index is 1060. The summed E-state index contributed by atoms with van der Waals surface area (Å²) in [5.41, 5.74) is 13.7. The Morgan fingerprint density at radius 1 is 1.23 bits per heavy atom. The van der Waals surface area contributed by atoms with Crippen LogP contribution < -0.4 is 11.5 Å². The summed E-state index contributed by atoms with van der Waals surface area (Å²) >= 11 is 6.84. The van der Waals surface area contributed by atoms with Crippen LogP contribution in [0.5, 0.6) is 0 Å². The van der Waals surface area contributed by atoms with Gasteiger partial charge in [0.25, 0.3) is 0 Å². The summed E-state index contributed by atoms with van der Waals surface area (Å²) in [6.45, 7) is 1.49. The second kappa shape index (κ2) is 9.05. The van der Waals surface area contributed by atoms with Crippen LogP contribution in [0.1, 0.15) is 17.8 Å². The van der Waals surface area contributed by atoms with E-state index >= 15 is 0 Å². The largest absolute Gasteiger partial charge is 0.480 e. The van der Waals surface area contributed by atoms with E-state index in [1.54, 1.807) is 12.1 Å². The van der Waals surface area contributed by atoms with Crippen molar-refractivity contribution < 1.29 is 9.90 Å². The van der Waals surface area contributed by atoms with E-state index in [-0.39, 0.29) is 6.42 Å². The molecule has 1 heterocycles. The number of nitrogens with zero attached hydrogens (tertiary/aromatic N) is 3. The van der Waals surface area contributed by atoms with Gasteiger partial charge < -0.3 is 26.0 Å². The topological polar surface area (TPSA) is 110 Å². The molecule has 0 saturated carbocycles. The van der Waals surface area contributed by atoms with E-state index in [1.807, 2.05) is 42.9 Å². The maximum Gasteiger partial charge on any atom is 0.331 e. The number of carboxylic acids is 1. The van der Waals surface area contributed by atoms with Gasteiger partial charge in [0.05, 0.1) is 16.7 Å². The van der Waals surface area contributed by atoms with Crippen molar-refractivity contribution in [2.45, 2.75) is 24.9 Å². The van der Waals surface area contributed by atoms with Crippen LogP contribution in [-0.4, -0.2) is 46.2 Å². The molecule has 30 heavy (non-hydrogen) atoms. The van der Waals surface area contributed by atoms with Crippen LogP contribution in [0.3, 0.4) is 0 Å². The Labute approximate surface area is 192 Å². The summed E-state index contributed by atoms with van der Waals surface area (Å²) in [6, 6.07) is 11.2. The molecule has 7 nitrogen and oxygen atoms in total. The fourth-order valence-electron chi connectivity index (χ4n) is 3.50. The Hall–Kier alpha value is -1.94. The zero-order chi connectivity index (χ0) is 22.1. The van der Waals surface area contributed by atoms with E-state index in [1.165, 1.54) is 0 Å². The van der Waals surface area contributed by atoms with Gasteiger partial charge in [-0.2, -0.15) is 0 Å². The number of nitrogens with two attached hydrogens (primary N) is 2. The SMILES string of the molecule is CN(C)CCCn1c([C@](N)(Cc2cc(Br)c(N)c(Br)c2)C(=O)O)nc2ccccc21. The summed E-state index contributed by atoms with van der Waals surface area (Å²) in [4.78, 5) is 19.2. The summed E-state index contributed by atoms with van der Waals surface area (Å²) in [7, 11) is 4.02. The maximum atomic E-state index is 12.4. The Balaban J connectivity index is 2.09. The molecule has 0 aliphatic heterocycles. The number of aliphatic carboxylic acids is 1. The van der Waals surface area contributed by atoms with E-state index in [4.69, 9.17) is 11.5 Å². The highest BCUT2D eigenvalue weighted by Gasteiger charge is 2.41. The minimum absolute atomic E-state index is 0.0663. The van der Waals surface area contributed by atoms with Crippen LogP contribution in [0.4, 0.5) is 5.69 Å². The van der Waals surface area contributed by atoms with Gasteiger partial charge in [0.2, 0.25) is 0 Å². The summed E-state index contributed by atoms with van der Waals surface area (Å²) in [5.74, 6) is -0.783. The minimum atomic E-state index is -1.70. The highest BCUT2D eigenvalue weighted by atomic mass is 79.9. The lowest BCUT2D eigenvalue weighted by atomic mass is 9.90. The smallest absolute Gasteiger partial charge is 0.331 e. The Morgan fingerprint density at radius 2 is 1.87 bits per heavy atom. The fourth-order valence-corrected chi connectivity index (χ4v) is 4.78. The third-order valence-corrected chi connectivity index (χ3v) is 6.36. The van der Waals surface area contributed by atoms with Crippen LogP contribution in [0, 0.1) is 0 Å². The highest BCUT2D eigenvalue weighted by molar-refractivity contribution is 9.11. The van der Waals surface area contributed by atoms with Crippen molar-refractivity contribution in [3.8, 4) is 0 Å². The molecule has 2 aromatic carbocycles. The number of aryl methyl sites for hydroxylation is 1. The van der Waals surface area contributed by atoms with Gasteiger partial charge in [0.1, 0.15) is 5.82 Å². The van der Waals surface area contributed by atoms with E-state index in [9.17, 15) is 9.90 Å². The molecule has 0 spiro atoms. The van der Waals surface area contributed by atoms with Crippen molar-refractivity contribution in [2.75, 3.05) is 26.4 Å². The number of hydrogen-bond acceptors (Lipinski definition) is 5. The molecule has 0 aliphatic rings.